The summed E-state index contributed by atoms with van der Waals surface area (Å²) in [5.41, 5.74) is 17.7. The van der Waals surface area contributed by atoms with E-state index in [4.69, 9.17) is 0 Å². The van der Waals surface area contributed by atoms with Crippen molar-refractivity contribution in [3.8, 4) is 66.8 Å². The number of rotatable bonds is 9. The van der Waals surface area contributed by atoms with Crippen LogP contribution in [-0.2, 0) is 0 Å². The van der Waals surface area contributed by atoms with Gasteiger partial charge in [0.15, 0.2) is 0 Å². The Morgan fingerprint density at radius 1 is 0.242 bits per heavy atom. The zero-order chi connectivity index (χ0) is 43.8. The highest BCUT2D eigenvalue weighted by atomic mass is 32.1. The van der Waals surface area contributed by atoms with Crippen molar-refractivity contribution in [3.05, 3.63) is 261 Å². The topological polar surface area (TPSA) is 3.24 Å². The van der Waals surface area contributed by atoms with E-state index in [0.717, 1.165) is 22.6 Å². The van der Waals surface area contributed by atoms with Gasteiger partial charge in [-0.25, -0.2) is 0 Å². The number of anilines is 3. The third-order valence-corrected chi connectivity index (χ3v) is 14.1. The molecule has 0 aliphatic carbocycles. The summed E-state index contributed by atoms with van der Waals surface area (Å²) in [6.45, 7) is 0. The van der Waals surface area contributed by atoms with Gasteiger partial charge in [-0.3, -0.25) is 0 Å². The molecular weight excluding hydrogens is 815 g/mol. The molecule has 11 aromatic carbocycles. The average Bonchev–Trinajstić information content (AvgIpc) is 3.79. The molecule has 1 heterocycles. The van der Waals surface area contributed by atoms with Gasteiger partial charge >= 0.3 is 0 Å². The van der Waals surface area contributed by atoms with Crippen molar-refractivity contribution in [1.82, 2.24) is 0 Å². The van der Waals surface area contributed by atoms with Crippen LogP contribution in [-0.4, -0.2) is 0 Å². The highest BCUT2D eigenvalue weighted by Crippen LogP contribution is 2.43. The first kappa shape index (κ1) is 39.3. The first-order valence-corrected chi connectivity index (χ1v) is 23.4. The molecule has 0 radical (unpaired) electrons. The largest absolute Gasteiger partial charge is 0.310 e. The van der Waals surface area contributed by atoms with E-state index in [0.29, 0.717) is 0 Å². The van der Waals surface area contributed by atoms with E-state index < -0.39 is 0 Å². The van der Waals surface area contributed by atoms with Crippen LogP contribution in [0.25, 0.3) is 97.7 Å². The van der Waals surface area contributed by atoms with Gasteiger partial charge in [0, 0.05) is 37.2 Å². The van der Waals surface area contributed by atoms with Crippen LogP contribution in [0.4, 0.5) is 17.1 Å². The number of thiophene rings is 1. The summed E-state index contributed by atoms with van der Waals surface area (Å²) >= 11 is 1.87. The van der Waals surface area contributed by atoms with Crippen LogP contribution in [0.5, 0.6) is 0 Å². The summed E-state index contributed by atoms with van der Waals surface area (Å²) in [6, 6.07) is 95.1. The third-order valence-electron chi connectivity index (χ3n) is 12.8. The van der Waals surface area contributed by atoms with Crippen LogP contribution >= 0.6 is 11.3 Å². The molecule has 0 unspecified atom stereocenters. The molecule has 0 aliphatic heterocycles. The van der Waals surface area contributed by atoms with Crippen LogP contribution < -0.4 is 4.90 Å². The van der Waals surface area contributed by atoms with Crippen LogP contribution in [0.15, 0.2) is 261 Å². The average molecular weight is 858 g/mol. The fraction of sp³-hybridized carbons (Fsp3) is 0. The Kier molecular flexibility index (Phi) is 10.1. The smallest absolute Gasteiger partial charge is 0.0467 e. The fourth-order valence-electron chi connectivity index (χ4n) is 9.57. The van der Waals surface area contributed by atoms with E-state index in [9.17, 15) is 0 Å². The van der Waals surface area contributed by atoms with Crippen molar-refractivity contribution < 1.29 is 0 Å². The number of nitrogens with zero attached hydrogens (tertiary/aromatic N) is 1. The summed E-state index contributed by atoms with van der Waals surface area (Å²) in [4.78, 5) is 2.39. The first-order valence-electron chi connectivity index (χ1n) is 22.6. The SMILES string of the molecule is c1ccc(-c2cc(-c3ccccc3)cc(-c3ccc(N(c4ccc(-c5cccc6c5sc5ccccc56)cc4)c4cccc(-c5cccc(-c6cccc7ccccc67)c5)c4)cc3)c2)cc1. The minimum atomic E-state index is 1.09. The molecule has 0 aliphatic rings. The number of fused-ring (bicyclic) bond motifs is 4. The predicted octanol–water partition coefficient (Wildman–Crippen LogP) is 18.7. The lowest BCUT2D eigenvalue weighted by Crippen LogP contribution is -2.10. The monoisotopic (exact) mass is 857 g/mol. The van der Waals surface area contributed by atoms with Crippen LogP contribution in [0.2, 0.25) is 0 Å². The predicted molar refractivity (Wildman–Crippen MR) is 284 cm³/mol. The molecule has 1 aromatic heterocycles. The Hall–Kier alpha value is -8.30. The summed E-state index contributed by atoms with van der Waals surface area (Å²) in [6.07, 6.45) is 0. The molecule has 66 heavy (non-hydrogen) atoms. The van der Waals surface area contributed by atoms with E-state index in [-0.39, 0.29) is 0 Å². The number of benzene rings is 11. The molecule has 310 valence electrons. The Morgan fingerprint density at radius 2 is 0.697 bits per heavy atom. The number of hydrogen-bond donors (Lipinski definition) is 0. The van der Waals surface area contributed by atoms with Crippen molar-refractivity contribution in [3.63, 3.8) is 0 Å². The molecular formula is C64H43NS. The van der Waals surface area contributed by atoms with Crippen molar-refractivity contribution in [2.45, 2.75) is 0 Å². The second-order valence-electron chi connectivity index (χ2n) is 16.9. The van der Waals surface area contributed by atoms with E-state index in [1.165, 1.54) is 92.1 Å². The molecule has 12 rings (SSSR count). The maximum absolute atomic E-state index is 2.39. The van der Waals surface area contributed by atoms with Crippen molar-refractivity contribution >= 4 is 59.3 Å². The van der Waals surface area contributed by atoms with Crippen LogP contribution in [0.1, 0.15) is 0 Å². The molecule has 0 fully saturated rings. The Balaban J connectivity index is 0.957. The van der Waals surface area contributed by atoms with Gasteiger partial charge in [-0.05, 0) is 144 Å². The maximum atomic E-state index is 2.39. The minimum Gasteiger partial charge on any atom is -0.310 e. The maximum Gasteiger partial charge on any atom is 0.0467 e. The van der Waals surface area contributed by atoms with Crippen LogP contribution in [0.3, 0.4) is 0 Å². The summed E-state index contributed by atoms with van der Waals surface area (Å²) in [5.74, 6) is 0. The lowest BCUT2D eigenvalue weighted by atomic mass is 9.93. The van der Waals surface area contributed by atoms with Crippen molar-refractivity contribution in [2.75, 3.05) is 4.90 Å². The molecule has 0 saturated heterocycles. The standard InChI is InChI=1S/C64H43NS/c1-3-15-44(16-4-1)52-40-53(45-17-5-2-6-18-45)42-54(41-52)46-31-35-55(36-32-46)65(56-37-33-48(34-38-56)60-28-14-29-62-61-26-9-10-30-63(61)66-64(60)62)57-24-12-22-50(43-57)49-21-11-23-51(39-49)59-27-13-20-47-19-7-8-25-58(47)59/h1-43H. The molecule has 0 bridgehead atoms. The van der Waals surface area contributed by atoms with Gasteiger partial charge in [0.05, 0.1) is 0 Å². The number of hydrogen-bond acceptors (Lipinski definition) is 2. The first-order chi connectivity index (χ1) is 32.7. The van der Waals surface area contributed by atoms with Gasteiger partial charge in [-0.1, -0.05) is 194 Å². The highest BCUT2D eigenvalue weighted by molar-refractivity contribution is 7.26. The molecule has 0 N–H and O–H groups in total. The summed E-state index contributed by atoms with van der Waals surface area (Å²) in [5, 5.41) is 5.13. The zero-order valence-electron chi connectivity index (χ0n) is 36.2. The third kappa shape index (κ3) is 7.44. The van der Waals surface area contributed by atoms with Gasteiger partial charge in [-0.2, -0.15) is 0 Å². The second-order valence-corrected chi connectivity index (χ2v) is 18.0. The van der Waals surface area contributed by atoms with Gasteiger partial charge in [0.1, 0.15) is 0 Å². The van der Waals surface area contributed by atoms with Gasteiger partial charge in [-0.15, -0.1) is 11.3 Å². The van der Waals surface area contributed by atoms with Crippen molar-refractivity contribution in [1.29, 1.82) is 0 Å². The molecule has 0 amide bonds. The molecule has 1 nitrogen and oxygen atoms in total. The second kappa shape index (κ2) is 17.0. The zero-order valence-corrected chi connectivity index (χ0v) is 37.0. The highest BCUT2D eigenvalue weighted by Gasteiger charge is 2.17. The minimum absolute atomic E-state index is 1.09. The lowest BCUT2D eigenvalue weighted by Gasteiger charge is -2.26. The molecule has 2 heteroatoms. The quantitative estimate of drug-likeness (QED) is 0.140. The molecule has 0 spiro atoms. The Labute approximate surface area is 389 Å². The Morgan fingerprint density at radius 3 is 1.39 bits per heavy atom. The fourth-order valence-corrected chi connectivity index (χ4v) is 10.8. The normalized spacial score (nSPS) is 11.3. The Bertz CT molecular complexity index is 3620. The van der Waals surface area contributed by atoms with Crippen molar-refractivity contribution in [2.24, 2.45) is 0 Å². The van der Waals surface area contributed by atoms with E-state index in [2.05, 4.69) is 266 Å². The summed E-state index contributed by atoms with van der Waals surface area (Å²) in [7, 11) is 0. The van der Waals surface area contributed by atoms with Crippen LogP contribution in [0, 0.1) is 0 Å². The van der Waals surface area contributed by atoms with Gasteiger partial charge in [0.2, 0.25) is 0 Å². The van der Waals surface area contributed by atoms with E-state index >= 15 is 0 Å². The molecule has 12 aromatic rings. The lowest BCUT2D eigenvalue weighted by molar-refractivity contribution is 1.28. The van der Waals surface area contributed by atoms with E-state index in [1.54, 1.807) is 0 Å². The molecule has 0 saturated carbocycles. The van der Waals surface area contributed by atoms with Gasteiger partial charge < -0.3 is 4.90 Å². The van der Waals surface area contributed by atoms with Gasteiger partial charge in [0.25, 0.3) is 0 Å². The van der Waals surface area contributed by atoms with E-state index in [1.807, 2.05) is 11.3 Å². The summed E-state index contributed by atoms with van der Waals surface area (Å²) < 4.78 is 2.64. The molecule has 0 atom stereocenters.